The second-order valence-corrected chi connectivity index (χ2v) is 6.74. The van der Waals surface area contributed by atoms with Crippen molar-refractivity contribution in [1.29, 1.82) is 0 Å². The molecule has 0 saturated carbocycles. The maximum absolute atomic E-state index is 11.4. The molecule has 2 N–H and O–H groups in total. The van der Waals surface area contributed by atoms with Gasteiger partial charge in [-0.3, -0.25) is 4.79 Å². The minimum Gasteiger partial charge on any atom is -0.355 e. The predicted octanol–water partition coefficient (Wildman–Crippen LogP) is 1.10. The van der Waals surface area contributed by atoms with Gasteiger partial charge in [-0.2, -0.15) is 0 Å². The van der Waals surface area contributed by atoms with E-state index in [1.807, 2.05) is 0 Å². The van der Waals surface area contributed by atoms with Gasteiger partial charge in [0.15, 0.2) is 9.84 Å². The number of unbranched alkanes of at least 4 members (excludes halogenated alkanes) is 1. The van der Waals surface area contributed by atoms with Crippen molar-refractivity contribution in [2.24, 2.45) is 0 Å². The standard InChI is InChI=1S/C14H22N2O3S/c1-3-4-9-16-14(17)11-15-10-12-5-7-13(8-6-12)20(2,18)19/h5-8,15H,3-4,9-11H2,1-2H3,(H,16,17). The lowest BCUT2D eigenvalue weighted by molar-refractivity contribution is -0.120. The molecular weight excluding hydrogens is 276 g/mol. The minimum atomic E-state index is -3.15. The summed E-state index contributed by atoms with van der Waals surface area (Å²) in [5, 5.41) is 5.84. The normalized spacial score (nSPS) is 11.3. The largest absolute Gasteiger partial charge is 0.355 e. The molecule has 0 aliphatic heterocycles. The van der Waals surface area contributed by atoms with Gasteiger partial charge in [-0.1, -0.05) is 25.5 Å². The molecule has 0 fully saturated rings. The summed E-state index contributed by atoms with van der Waals surface area (Å²) < 4.78 is 22.6. The van der Waals surface area contributed by atoms with Gasteiger partial charge < -0.3 is 10.6 Å². The summed E-state index contributed by atoms with van der Waals surface area (Å²) in [7, 11) is -3.15. The molecule has 0 bridgehead atoms. The van der Waals surface area contributed by atoms with E-state index in [1.165, 1.54) is 6.26 Å². The van der Waals surface area contributed by atoms with Crippen LogP contribution in [0.1, 0.15) is 25.3 Å². The molecule has 0 heterocycles. The lowest BCUT2D eigenvalue weighted by atomic mass is 10.2. The first-order valence-corrected chi connectivity index (χ1v) is 8.59. The molecular formula is C14H22N2O3S. The number of carbonyl (C=O) groups excluding carboxylic acids is 1. The maximum Gasteiger partial charge on any atom is 0.233 e. The highest BCUT2D eigenvalue weighted by Gasteiger charge is 2.06. The number of nitrogens with one attached hydrogen (secondary N) is 2. The van der Waals surface area contributed by atoms with Crippen molar-refractivity contribution >= 4 is 15.7 Å². The van der Waals surface area contributed by atoms with E-state index in [9.17, 15) is 13.2 Å². The summed E-state index contributed by atoms with van der Waals surface area (Å²) in [5.41, 5.74) is 0.943. The number of hydrogen-bond acceptors (Lipinski definition) is 4. The molecule has 1 amide bonds. The molecule has 20 heavy (non-hydrogen) atoms. The van der Waals surface area contributed by atoms with Crippen molar-refractivity contribution in [3.05, 3.63) is 29.8 Å². The Hall–Kier alpha value is -1.40. The maximum atomic E-state index is 11.4. The molecule has 1 rings (SSSR count). The van der Waals surface area contributed by atoms with E-state index in [0.29, 0.717) is 18.0 Å². The zero-order valence-electron chi connectivity index (χ0n) is 12.0. The summed E-state index contributed by atoms with van der Waals surface area (Å²) >= 11 is 0. The molecule has 0 aromatic heterocycles. The van der Waals surface area contributed by atoms with Gasteiger partial charge in [0.1, 0.15) is 0 Å². The number of amides is 1. The monoisotopic (exact) mass is 298 g/mol. The molecule has 0 saturated heterocycles. The number of rotatable bonds is 8. The van der Waals surface area contributed by atoms with Gasteiger partial charge in [0, 0.05) is 19.3 Å². The Bertz CT molecular complexity index is 524. The van der Waals surface area contributed by atoms with Crippen molar-refractivity contribution in [2.45, 2.75) is 31.2 Å². The molecule has 0 aliphatic rings. The van der Waals surface area contributed by atoms with Crippen LogP contribution in [0, 0.1) is 0 Å². The van der Waals surface area contributed by atoms with E-state index in [-0.39, 0.29) is 12.5 Å². The average molecular weight is 298 g/mol. The SMILES string of the molecule is CCCCNC(=O)CNCc1ccc(S(C)(=O)=O)cc1. The van der Waals surface area contributed by atoms with Gasteiger partial charge in [-0.25, -0.2) is 8.42 Å². The smallest absolute Gasteiger partial charge is 0.233 e. The highest BCUT2D eigenvalue weighted by Crippen LogP contribution is 2.09. The first-order valence-electron chi connectivity index (χ1n) is 6.70. The first kappa shape index (κ1) is 16.7. The van der Waals surface area contributed by atoms with Crippen LogP contribution in [0.4, 0.5) is 0 Å². The van der Waals surface area contributed by atoms with Crippen LogP contribution in [-0.2, 0) is 21.2 Å². The minimum absolute atomic E-state index is 0.0220. The van der Waals surface area contributed by atoms with E-state index in [0.717, 1.165) is 18.4 Å². The van der Waals surface area contributed by atoms with Crippen LogP contribution in [0.2, 0.25) is 0 Å². The molecule has 5 nitrogen and oxygen atoms in total. The zero-order valence-corrected chi connectivity index (χ0v) is 12.8. The van der Waals surface area contributed by atoms with Gasteiger partial charge in [0.05, 0.1) is 11.4 Å². The molecule has 6 heteroatoms. The Labute approximate surface area is 120 Å². The lowest BCUT2D eigenvalue weighted by Crippen LogP contribution is -2.34. The highest BCUT2D eigenvalue weighted by atomic mass is 32.2. The second-order valence-electron chi connectivity index (χ2n) is 4.72. The fraction of sp³-hybridized carbons (Fsp3) is 0.500. The quantitative estimate of drug-likeness (QED) is 0.705. The van der Waals surface area contributed by atoms with E-state index < -0.39 is 9.84 Å². The van der Waals surface area contributed by atoms with E-state index >= 15 is 0 Å². The number of benzene rings is 1. The van der Waals surface area contributed by atoms with Crippen molar-refractivity contribution in [1.82, 2.24) is 10.6 Å². The van der Waals surface area contributed by atoms with Crippen LogP contribution >= 0.6 is 0 Å². The van der Waals surface area contributed by atoms with Crippen LogP contribution in [-0.4, -0.2) is 33.7 Å². The summed E-state index contributed by atoms with van der Waals surface area (Å²) in [6.45, 7) is 3.58. The van der Waals surface area contributed by atoms with Crippen molar-refractivity contribution < 1.29 is 13.2 Å². The molecule has 0 atom stereocenters. The number of hydrogen-bond donors (Lipinski definition) is 2. The van der Waals surface area contributed by atoms with E-state index in [2.05, 4.69) is 17.6 Å². The zero-order chi connectivity index (χ0) is 15.0. The van der Waals surface area contributed by atoms with E-state index in [4.69, 9.17) is 0 Å². The molecule has 0 radical (unpaired) electrons. The Kier molecular flexibility index (Phi) is 6.67. The third kappa shape index (κ3) is 6.16. The first-order chi connectivity index (χ1) is 9.43. The van der Waals surface area contributed by atoms with Gasteiger partial charge >= 0.3 is 0 Å². The fourth-order valence-corrected chi connectivity index (χ4v) is 2.27. The number of sulfone groups is 1. The average Bonchev–Trinajstić information content (AvgIpc) is 2.38. The predicted molar refractivity (Wildman–Crippen MR) is 79.2 cm³/mol. The van der Waals surface area contributed by atoms with Crippen LogP contribution in [0.5, 0.6) is 0 Å². The highest BCUT2D eigenvalue weighted by molar-refractivity contribution is 7.90. The molecule has 112 valence electrons. The molecule has 0 unspecified atom stereocenters. The van der Waals surface area contributed by atoms with Crippen molar-refractivity contribution in [3.8, 4) is 0 Å². The fourth-order valence-electron chi connectivity index (χ4n) is 1.64. The summed E-state index contributed by atoms with van der Waals surface area (Å²) in [6, 6.07) is 6.65. The van der Waals surface area contributed by atoms with E-state index in [1.54, 1.807) is 24.3 Å². The van der Waals surface area contributed by atoms with Crippen LogP contribution in [0.15, 0.2) is 29.2 Å². The lowest BCUT2D eigenvalue weighted by Gasteiger charge is -2.07. The Morgan fingerprint density at radius 3 is 2.40 bits per heavy atom. The number of carbonyl (C=O) groups is 1. The third-order valence-corrected chi connectivity index (χ3v) is 3.95. The Balaban J connectivity index is 2.34. The second kappa shape index (κ2) is 8.01. The molecule has 0 aliphatic carbocycles. The van der Waals surface area contributed by atoms with Crippen LogP contribution in [0.25, 0.3) is 0 Å². The van der Waals surface area contributed by atoms with Crippen molar-refractivity contribution in [2.75, 3.05) is 19.3 Å². The van der Waals surface area contributed by atoms with Crippen LogP contribution < -0.4 is 10.6 Å². The Morgan fingerprint density at radius 2 is 1.85 bits per heavy atom. The van der Waals surface area contributed by atoms with Crippen LogP contribution in [0.3, 0.4) is 0 Å². The molecule has 1 aromatic rings. The summed E-state index contributed by atoms with van der Waals surface area (Å²) in [4.78, 5) is 11.7. The van der Waals surface area contributed by atoms with Crippen molar-refractivity contribution in [3.63, 3.8) is 0 Å². The molecule has 1 aromatic carbocycles. The van der Waals surface area contributed by atoms with Gasteiger partial charge in [0.25, 0.3) is 0 Å². The molecule has 0 spiro atoms. The topological polar surface area (TPSA) is 75.3 Å². The van der Waals surface area contributed by atoms with Gasteiger partial charge in [-0.05, 0) is 24.1 Å². The third-order valence-electron chi connectivity index (χ3n) is 2.82. The van der Waals surface area contributed by atoms with Gasteiger partial charge in [0.2, 0.25) is 5.91 Å². The summed E-state index contributed by atoms with van der Waals surface area (Å²) in [5.74, 6) is -0.0220. The van der Waals surface area contributed by atoms with Gasteiger partial charge in [-0.15, -0.1) is 0 Å². The Morgan fingerprint density at radius 1 is 1.20 bits per heavy atom. The summed E-state index contributed by atoms with van der Waals surface area (Å²) in [6.07, 6.45) is 3.22.